The molecular formula is C15H27N3O4. The lowest BCUT2D eigenvalue weighted by molar-refractivity contribution is -0.143. The smallest absolute Gasteiger partial charge is 0.410 e. The van der Waals surface area contributed by atoms with E-state index in [1.165, 1.54) is 0 Å². The Balaban J connectivity index is 1.92. The minimum atomic E-state index is -0.503. The first-order valence-electron chi connectivity index (χ1n) is 7.85. The third-order valence-corrected chi connectivity index (χ3v) is 3.80. The van der Waals surface area contributed by atoms with Gasteiger partial charge < -0.3 is 24.6 Å². The molecule has 2 rings (SSSR count). The van der Waals surface area contributed by atoms with Gasteiger partial charge in [0, 0.05) is 38.3 Å². The maximum atomic E-state index is 12.3. The molecule has 0 aliphatic carbocycles. The second-order valence-corrected chi connectivity index (χ2v) is 6.98. The van der Waals surface area contributed by atoms with Gasteiger partial charge in [-0.25, -0.2) is 4.79 Å². The number of hydrogen-bond acceptors (Lipinski definition) is 5. The molecule has 0 bridgehead atoms. The first kappa shape index (κ1) is 17.0. The summed E-state index contributed by atoms with van der Waals surface area (Å²) in [5.74, 6) is 0.00971. The van der Waals surface area contributed by atoms with E-state index in [1.807, 2.05) is 27.7 Å². The van der Waals surface area contributed by atoms with Crippen molar-refractivity contribution >= 4 is 12.0 Å². The lowest BCUT2D eigenvalue weighted by atomic mass is 10.1. The fraction of sp³-hybridized carbons (Fsp3) is 0.867. The number of amides is 2. The van der Waals surface area contributed by atoms with Crippen LogP contribution >= 0.6 is 0 Å². The van der Waals surface area contributed by atoms with Gasteiger partial charge in [-0.05, 0) is 27.7 Å². The first-order chi connectivity index (χ1) is 10.3. The van der Waals surface area contributed by atoms with Crippen LogP contribution in [0.2, 0.25) is 0 Å². The number of nitrogens with one attached hydrogen (secondary N) is 1. The van der Waals surface area contributed by atoms with Gasteiger partial charge in [-0.3, -0.25) is 4.79 Å². The van der Waals surface area contributed by atoms with Gasteiger partial charge in [-0.15, -0.1) is 0 Å². The van der Waals surface area contributed by atoms with Gasteiger partial charge in [-0.2, -0.15) is 0 Å². The van der Waals surface area contributed by atoms with Gasteiger partial charge in [0.15, 0.2) is 0 Å². The van der Waals surface area contributed by atoms with Gasteiger partial charge in [-0.1, -0.05) is 0 Å². The number of rotatable bonds is 2. The van der Waals surface area contributed by atoms with Crippen molar-refractivity contribution in [3.05, 3.63) is 0 Å². The highest BCUT2D eigenvalue weighted by Gasteiger charge is 2.33. The summed E-state index contributed by atoms with van der Waals surface area (Å²) in [5.41, 5.74) is -0.503. The number of piperazine rings is 1. The second-order valence-electron chi connectivity index (χ2n) is 6.98. The largest absolute Gasteiger partial charge is 0.444 e. The van der Waals surface area contributed by atoms with Crippen LogP contribution in [0, 0.1) is 0 Å². The average Bonchev–Trinajstić information content (AvgIpc) is 2.41. The van der Waals surface area contributed by atoms with Gasteiger partial charge >= 0.3 is 6.09 Å². The molecule has 0 saturated carbocycles. The summed E-state index contributed by atoms with van der Waals surface area (Å²) in [6.07, 6.45) is -0.292. The minimum Gasteiger partial charge on any atom is -0.444 e. The first-order valence-corrected chi connectivity index (χ1v) is 7.85. The Hall–Kier alpha value is -1.34. The van der Waals surface area contributed by atoms with E-state index in [0.717, 1.165) is 0 Å². The molecule has 2 aliphatic rings. The molecule has 0 radical (unpaired) electrons. The summed E-state index contributed by atoms with van der Waals surface area (Å²) < 4.78 is 10.6. The Kier molecular flexibility index (Phi) is 5.28. The molecule has 2 fully saturated rings. The number of carbonyl (C=O) groups is 2. The molecule has 0 aromatic carbocycles. The lowest BCUT2D eigenvalue weighted by Crippen LogP contribution is -2.61. The quantitative estimate of drug-likeness (QED) is 0.801. The molecule has 7 nitrogen and oxygen atoms in total. The molecule has 0 aromatic rings. The van der Waals surface area contributed by atoms with E-state index in [2.05, 4.69) is 5.32 Å². The number of ether oxygens (including phenoxy) is 2. The van der Waals surface area contributed by atoms with E-state index < -0.39 is 5.60 Å². The van der Waals surface area contributed by atoms with Crippen molar-refractivity contribution < 1.29 is 19.1 Å². The highest BCUT2D eigenvalue weighted by atomic mass is 16.6. The van der Waals surface area contributed by atoms with Crippen molar-refractivity contribution in [3.63, 3.8) is 0 Å². The monoisotopic (exact) mass is 313 g/mol. The predicted octanol–water partition coefficient (Wildman–Crippen LogP) is 0.443. The molecule has 22 heavy (non-hydrogen) atoms. The summed E-state index contributed by atoms with van der Waals surface area (Å²) in [7, 11) is 0. The molecule has 2 heterocycles. The topological polar surface area (TPSA) is 71.1 Å². The summed E-state index contributed by atoms with van der Waals surface area (Å²) in [5, 5.41) is 3.40. The zero-order valence-corrected chi connectivity index (χ0v) is 13.9. The van der Waals surface area contributed by atoms with Crippen LogP contribution < -0.4 is 5.32 Å². The molecule has 2 amide bonds. The maximum Gasteiger partial charge on any atom is 0.410 e. The summed E-state index contributed by atoms with van der Waals surface area (Å²) >= 11 is 0. The lowest BCUT2D eigenvalue weighted by Gasteiger charge is -2.41. The van der Waals surface area contributed by atoms with Crippen LogP contribution in [-0.4, -0.2) is 78.9 Å². The minimum absolute atomic E-state index is 0.00971. The van der Waals surface area contributed by atoms with Gasteiger partial charge in [0.2, 0.25) is 5.91 Å². The third kappa shape index (κ3) is 4.58. The molecule has 1 N–H and O–H groups in total. The van der Waals surface area contributed by atoms with E-state index in [0.29, 0.717) is 32.8 Å². The van der Waals surface area contributed by atoms with Gasteiger partial charge in [0.05, 0.1) is 6.61 Å². The SMILES string of the molecule is C[C@@H]1CN[C@@H](CN2CCOCC2=O)CN1C(=O)OC(C)(C)C. The highest BCUT2D eigenvalue weighted by Crippen LogP contribution is 2.15. The van der Waals surface area contributed by atoms with Crippen molar-refractivity contribution in [2.75, 3.05) is 39.4 Å². The summed E-state index contributed by atoms with van der Waals surface area (Å²) in [6, 6.07) is 0.136. The fourth-order valence-corrected chi connectivity index (χ4v) is 2.64. The van der Waals surface area contributed by atoms with Gasteiger partial charge in [0.1, 0.15) is 12.2 Å². The fourth-order valence-electron chi connectivity index (χ4n) is 2.64. The Labute approximate surface area is 131 Å². The molecular weight excluding hydrogens is 286 g/mol. The van der Waals surface area contributed by atoms with Crippen molar-refractivity contribution in [1.29, 1.82) is 0 Å². The molecule has 7 heteroatoms. The van der Waals surface area contributed by atoms with Crippen LogP contribution in [0.1, 0.15) is 27.7 Å². The maximum absolute atomic E-state index is 12.3. The highest BCUT2D eigenvalue weighted by molar-refractivity contribution is 5.78. The normalized spacial score (nSPS) is 27.0. The number of carbonyl (C=O) groups excluding carboxylic acids is 2. The number of nitrogens with zero attached hydrogens (tertiary/aromatic N) is 2. The van der Waals surface area contributed by atoms with Crippen LogP contribution in [0.15, 0.2) is 0 Å². The van der Waals surface area contributed by atoms with Crippen molar-refractivity contribution in [2.24, 2.45) is 0 Å². The van der Waals surface area contributed by atoms with Crippen LogP contribution in [0.5, 0.6) is 0 Å². The van der Waals surface area contributed by atoms with E-state index in [9.17, 15) is 9.59 Å². The molecule has 2 aliphatic heterocycles. The van der Waals surface area contributed by atoms with Crippen molar-refractivity contribution in [1.82, 2.24) is 15.1 Å². The molecule has 0 unspecified atom stereocenters. The Morgan fingerprint density at radius 2 is 2.18 bits per heavy atom. The zero-order chi connectivity index (χ0) is 16.3. The molecule has 2 saturated heterocycles. The molecule has 0 aromatic heterocycles. The van der Waals surface area contributed by atoms with Crippen LogP contribution in [0.4, 0.5) is 4.79 Å². The van der Waals surface area contributed by atoms with Gasteiger partial charge in [0.25, 0.3) is 0 Å². The van der Waals surface area contributed by atoms with E-state index in [1.54, 1.807) is 9.80 Å². The number of hydrogen-bond donors (Lipinski definition) is 1. The second kappa shape index (κ2) is 6.83. The summed E-state index contributed by atoms with van der Waals surface area (Å²) in [4.78, 5) is 27.6. The average molecular weight is 313 g/mol. The Bertz CT molecular complexity index is 422. The standard InChI is InChI=1S/C15H27N3O4/c1-11-7-16-12(8-17-5-6-21-10-13(17)19)9-18(11)14(20)22-15(2,3)4/h11-12,16H,5-10H2,1-4H3/t11-,12+/m1/s1. The van der Waals surface area contributed by atoms with Crippen LogP contribution in [-0.2, 0) is 14.3 Å². The van der Waals surface area contributed by atoms with E-state index in [4.69, 9.17) is 9.47 Å². The van der Waals surface area contributed by atoms with Crippen molar-refractivity contribution in [2.45, 2.75) is 45.4 Å². The van der Waals surface area contributed by atoms with E-state index in [-0.39, 0.29) is 30.7 Å². The molecule has 0 spiro atoms. The predicted molar refractivity (Wildman–Crippen MR) is 81.6 cm³/mol. The third-order valence-electron chi connectivity index (χ3n) is 3.80. The zero-order valence-electron chi connectivity index (χ0n) is 13.9. The Morgan fingerprint density at radius 1 is 1.45 bits per heavy atom. The van der Waals surface area contributed by atoms with Crippen LogP contribution in [0.25, 0.3) is 0 Å². The summed E-state index contributed by atoms with van der Waals surface area (Å²) in [6.45, 7) is 10.7. The molecule has 126 valence electrons. The van der Waals surface area contributed by atoms with Crippen molar-refractivity contribution in [3.8, 4) is 0 Å². The van der Waals surface area contributed by atoms with E-state index >= 15 is 0 Å². The molecule has 2 atom stereocenters. The Morgan fingerprint density at radius 3 is 2.82 bits per heavy atom. The van der Waals surface area contributed by atoms with Crippen LogP contribution in [0.3, 0.4) is 0 Å². The number of morpholine rings is 1.